The van der Waals surface area contributed by atoms with E-state index in [2.05, 4.69) is 16.0 Å². The highest BCUT2D eigenvalue weighted by atomic mass is 16.2. The molecule has 138 valence electrons. The molecule has 1 aliphatic rings. The normalized spacial score (nSPS) is 14.1. The van der Waals surface area contributed by atoms with Crippen LogP contribution < -0.4 is 11.2 Å². The van der Waals surface area contributed by atoms with Crippen LogP contribution in [0.2, 0.25) is 0 Å². The summed E-state index contributed by atoms with van der Waals surface area (Å²) in [6.07, 6.45) is 1.78. The summed E-state index contributed by atoms with van der Waals surface area (Å²) >= 11 is 0. The Hall–Kier alpha value is -3.22. The van der Waals surface area contributed by atoms with Crippen LogP contribution in [0.15, 0.2) is 39.9 Å². The van der Waals surface area contributed by atoms with E-state index in [0.717, 1.165) is 18.4 Å². The molecule has 3 heterocycles. The minimum atomic E-state index is -0.584. The smallest absolute Gasteiger partial charge is 0.329 e. The first-order valence-corrected chi connectivity index (χ1v) is 8.92. The Morgan fingerprint density at radius 2 is 1.93 bits per heavy atom. The van der Waals surface area contributed by atoms with E-state index in [1.54, 1.807) is 17.9 Å². The minimum absolute atomic E-state index is 0.158. The molecule has 0 saturated heterocycles. The maximum atomic E-state index is 13.3. The Morgan fingerprint density at radius 1 is 1.19 bits per heavy atom. The van der Waals surface area contributed by atoms with Gasteiger partial charge < -0.3 is 4.90 Å². The van der Waals surface area contributed by atoms with Crippen LogP contribution in [0.4, 0.5) is 0 Å². The van der Waals surface area contributed by atoms with Crippen molar-refractivity contribution in [1.82, 2.24) is 19.4 Å². The van der Waals surface area contributed by atoms with Gasteiger partial charge in [-0.05, 0) is 37.0 Å². The molecule has 2 aromatic heterocycles. The first-order chi connectivity index (χ1) is 13.0. The van der Waals surface area contributed by atoms with Crippen molar-refractivity contribution in [3.05, 3.63) is 73.6 Å². The lowest BCUT2D eigenvalue weighted by Crippen LogP contribution is -2.34. The number of pyridine rings is 1. The van der Waals surface area contributed by atoms with Crippen LogP contribution >= 0.6 is 0 Å². The zero-order valence-electron chi connectivity index (χ0n) is 15.3. The van der Waals surface area contributed by atoms with Gasteiger partial charge in [0.15, 0.2) is 0 Å². The molecule has 0 bridgehead atoms. The molecular formula is C20H20N4O3. The highest BCUT2D eigenvalue weighted by Gasteiger charge is 2.24. The summed E-state index contributed by atoms with van der Waals surface area (Å²) in [5, 5.41) is 0.158. The van der Waals surface area contributed by atoms with Crippen LogP contribution in [0.5, 0.6) is 0 Å². The average molecular weight is 364 g/mol. The Bertz CT molecular complexity index is 1180. The fourth-order valence-corrected chi connectivity index (χ4v) is 3.68. The number of nitrogens with one attached hydrogen (secondary N) is 1. The molecule has 0 atom stereocenters. The fraction of sp³-hybridized carbons (Fsp3) is 0.300. The maximum Gasteiger partial charge on any atom is 0.329 e. The van der Waals surface area contributed by atoms with E-state index in [0.29, 0.717) is 18.8 Å². The number of aromatic amines is 1. The molecule has 0 radical (unpaired) electrons. The Kier molecular flexibility index (Phi) is 4.14. The summed E-state index contributed by atoms with van der Waals surface area (Å²) in [6, 6.07) is 9.74. The van der Waals surface area contributed by atoms with Crippen LogP contribution in [0.25, 0.3) is 11.0 Å². The SMILES string of the molecule is Cc1cc(C(=O)N2CCCc3ccccc3C2)c2c(=O)[nH]c(=O)n(C)c2n1. The second-order valence-corrected chi connectivity index (χ2v) is 6.93. The molecule has 0 fully saturated rings. The van der Waals surface area contributed by atoms with E-state index in [1.807, 2.05) is 18.2 Å². The van der Waals surface area contributed by atoms with Gasteiger partial charge in [0.25, 0.3) is 11.5 Å². The fourth-order valence-electron chi connectivity index (χ4n) is 3.68. The van der Waals surface area contributed by atoms with E-state index in [1.165, 1.54) is 17.2 Å². The number of aromatic nitrogens is 3. The van der Waals surface area contributed by atoms with Gasteiger partial charge in [-0.2, -0.15) is 0 Å². The third-order valence-electron chi connectivity index (χ3n) is 5.07. The summed E-state index contributed by atoms with van der Waals surface area (Å²) < 4.78 is 1.26. The van der Waals surface area contributed by atoms with Crippen LogP contribution in [-0.4, -0.2) is 31.9 Å². The predicted octanol–water partition coefficient (Wildman–Crippen LogP) is 1.52. The third-order valence-corrected chi connectivity index (χ3v) is 5.07. The van der Waals surface area contributed by atoms with Gasteiger partial charge in [0.05, 0.1) is 10.9 Å². The number of carbonyl (C=O) groups is 1. The number of hydrogen-bond acceptors (Lipinski definition) is 4. The lowest BCUT2D eigenvalue weighted by molar-refractivity contribution is 0.0747. The summed E-state index contributed by atoms with van der Waals surface area (Å²) in [4.78, 5) is 46.0. The van der Waals surface area contributed by atoms with E-state index in [-0.39, 0.29) is 22.5 Å². The first-order valence-electron chi connectivity index (χ1n) is 8.92. The van der Waals surface area contributed by atoms with Crippen molar-refractivity contribution in [3.8, 4) is 0 Å². The second-order valence-electron chi connectivity index (χ2n) is 6.93. The molecule has 1 aliphatic heterocycles. The summed E-state index contributed by atoms with van der Waals surface area (Å²) in [6.45, 7) is 2.86. The van der Waals surface area contributed by atoms with Gasteiger partial charge in [-0.1, -0.05) is 24.3 Å². The van der Waals surface area contributed by atoms with Gasteiger partial charge in [-0.15, -0.1) is 0 Å². The molecule has 4 rings (SSSR count). The zero-order chi connectivity index (χ0) is 19.1. The van der Waals surface area contributed by atoms with Crippen molar-refractivity contribution in [3.63, 3.8) is 0 Å². The highest BCUT2D eigenvalue weighted by molar-refractivity contribution is 6.05. The van der Waals surface area contributed by atoms with Crippen molar-refractivity contribution in [2.24, 2.45) is 7.05 Å². The molecule has 27 heavy (non-hydrogen) atoms. The topological polar surface area (TPSA) is 88.1 Å². The second kappa shape index (κ2) is 6.50. The van der Waals surface area contributed by atoms with Crippen molar-refractivity contribution in [2.75, 3.05) is 6.54 Å². The number of rotatable bonds is 1. The number of nitrogens with zero attached hydrogens (tertiary/aromatic N) is 3. The lowest BCUT2D eigenvalue weighted by atomic mass is 10.0. The van der Waals surface area contributed by atoms with Crippen molar-refractivity contribution >= 4 is 16.9 Å². The lowest BCUT2D eigenvalue weighted by Gasteiger charge is -2.22. The standard InChI is InChI=1S/C20H20N4O3/c1-12-10-15(16-17(21-12)23(2)20(27)22-18(16)25)19(26)24-9-5-8-13-6-3-4-7-14(13)11-24/h3-4,6-7,10H,5,8-9,11H2,1-2H3,(H,22,25,27). The predicted molar refractivity (Wildman–Crippen MR) is 102 cm³/mol. The molecule has 7 heteroatoms. The molecule has 1 amide bonds. The zero-order valence-corrected chi connectivity index (χ0v) is 15.3. The number of H-pyrrole nitrogens is 1. The van der Waals surface area contributed by atoms with Crippen LogP contribution in [-0.2, 0) is 20.0 Å². The van der Waals surface area contributed by atoms with Crippen LogP contribution in [0, 0.1) is 6.92 Å². The molecule has 0 spiro atoms. The van der Waals surface area contributed by atoms with Gasteiger partial charge >= 0.3 is 5.69 Å². The number of benzene rings is 1. The van der Waals surface area contributed by atoms with Gasteiger partial charge in [0.2, 0.25) is 0 Å². The van der Waals surface area contributed by atoms with Gasteiger partial charge in [-0.3, -0.25) is 19.1 Å². The van der Waals surface area contributed by atoms with E-state index in [9.17, 15) is 14.4 Å². The van der Waals surface area contributed by atoms with E-state index in [4.69, 9.17) is 0 Å². The quantitative estimate of drug-likeness (QED) is 0.709. The molecule has 0 aliphatic carbocycles. The molecule has 1 aromatic carbocycles. The summed E-state index contributed by atoms with van der Waals surface area (Å²) in [5.74, 6) is -0.216. The number of aryl methyl sites for hydroxylation is 3. The Morgan fingerprint density at radius 3 is 2.70 bits per heavy atom. The first kappa shape index (κ1) is 17.2. The molecule has 7 nitrogen and oxygen atoms in total. The van der Waals surface area contributed by atoms with Gasteiger partial charge in [0, 0.05) is 25.8 Å². The largest absolute Gasteiger partial charge is 0.334 e. The number of hydrogen-bond donors (Lipinski definition) is 1. The Labute approximate surface area is 155 Å². The Balaban J connectivity index is 1.85. The molecular weight excluding hydrogens is 344 g/mol. The number of carbonyl (C=O) groups excluding carboxylic acids is 1. The monoisotopic (exact) mass is 364 g/mol. The average Bonchev–Trinajstić information content (AvgIpc) is 2.87. The maximum absolute atomic E-state index is 13.3. The van der Waals surface area contributed by atoms with Crippen LogP contribution in [0.1, 0.15) is 33.6 Å². The van der Waals surface area contributed by atoms with Crippen molar-refractivity contribution in [1.29, 1.82) is 0 Å². The van der Waals surface area contributed by atoms with Crippen molar-refractivity contribution in [2.45, 2.75) is 26.3 Å². The number of amides is 1. The number of fused-ring (bicyclic) bond motifs is 2. The molecule has 1 N–H and O–H groups in total. The van der Waals surface area contributed by atoms with Gasteiger partial charge in [0.1, 0.15) is 5.65 Å². The molecule has 0 saturated carbocycles. The van der Waals surface area contributed by atoms with Crippen molar-refractivity contribution < 1.29 is 4.79 Å². The molecule has 3 aromatic rings. The third kappa shape index (κ3) is 2.95. The summed E-state index contributed by atoms with van der Waals surface area (Å²) in [5.41, 5.74) is 2.34. The highest BCUT2D eigenvalue weighted by Crippen LogP contribution is 2.22. The molecule has 0 unspecified atom stereocenters. The van der Waals surface area contributed by atoms with Crippen LogP contribution in [0.3, 0.4) is 0 Å². The van der Waals surface area contributed by atoms with E-state index < -0.39 is 11.2 Å². The minimum Gasteiger partial charge on any atom is -0.334 e. The van der Waals surface area contributed by atoms with E-state index >= 15 is 0 Å². The summed E-state index contributed by atoms with van der Waals surface area (Å²) in [7, 11) is 1.53. The van der Waals surface area contributed by atoms with Gasteiger partial charge in [-0.25, -0.2) is 9.78 Å².